The van der Waals surface area contributed by atoms with Crippen LogP contribution in [0.2, 0.25) is 0 Å². The molecular weight excluding hydrogens is 180 g/mol. The summed E-state index contributed by atoms with van der Waals surface area (Å²) in [5.41, 5.74) is -0.241. The molecule has 0 radical (unpaired) electrons. The molecule has 0 aliphatic heterocycles. The first-order chi connectivity index (χ1) is 5.10. The zero-order chi connectivity index (χ0) is 9.99. The number of hydrogen-bond donors (Lipinski definition) is 2. The van der Waals surface area contributed by atoms with E-state index in [9.17, 15) is 13.2 Å². The van der Waals surface area contributed by atoms with E-state index in [0.717, 1.165) is 0 Å². The van der Waals surface area contributed by atoms with E-state index in [1.54, 1.807) is 4.72 Å². The van der Waals surface area contributed by atoms with Crippen molar-refractivity contribution in [3.63, 3.8) is 0 Å². The Morgan fingerprint density at radius 2 is 1.83 bits per heavy atom. The van der Waals surface area contributed by atoms with Gasteiger partial charge in [-0.15, -0.1) is 0 Å². The van der Waals surface area contributed by atoms with E-state index in [1.807, 2.05) is 20.8 Å². The molecule has 0 fully saturated rings. The highest BCUT2D eigenvalue weighted by Crippen LogP contribution is 2.17. The average Bonchev–Trinajstić information content (AvgIpc) is 1.49. The molecule has 0 unspecified atom stereocenters. The number of rotatable bonds is 2. The van der Waals surface area contributed by atoms with Crippen molar-refractivity contribution in [2.24, 2.45) is 10.6 Å². The van der Waals surface area contributed by atoms with Crippen LogP contribution in [0.4, 0.5) is 0 Å². The molecule has 72 valence electrons. The first-order valence-electron chi connectivity index (χ1n) is 3.43. The zero-order valence-corrected chi connectivity index (χ0v) is 8.23. The first-order valence-corrected chi connectivity index (χ1v) is 4.98. The van der Waals surface area contributed by atoms with Crippen LogP contribution >= 0.6 is 0 Å². The fourth-order valence-corrected chi connectivity index (χ4v) is 1.07. The summed E-state index contributed by atoms with van der Waals surface area (Å²) >= 11 is 0. The lowest BCUT2D eigenvalue weighted by Crippen LogP contribution is -2.37. The Morgan fingerprint density at radius 1 is 1.42 bits per heavy atom. The molecule has 0 bridgehead atoms. The lowest BCUT2D eigenvalue weighted by Gasteiger charge is -2.16. The smallest absolute Gasteiger partial charge is 0.274 e. The molecule has 3 N–H and O–H groups in total. The molecule has 0 aliphatic rings. The van der Waals surface area contributed by atoms with Crippen molar-refractivity contribution in [3.05, 3.63) is 0 Å². The van der Waals surface area contributed by atoms with Gasteiger partial charge in [0.2, 0.25) is 5.91 Å². The van der Waals surface area contributed by atoms with Crippen LogP contribution in [0.1, 0.15) is 27.2 Å². The maximum Gasteiger partial charge on any atom is 0.298 e. The van der Waals surface area contributed by atoms with Crippen molar-refractivity contribution in [3.8, 4) is 0 Å². The standard InChI is InChI=1S/C6H14N2O3S/c1-6(2,3)4-5(9)8-12(7,10)11/h4H2,1-3H3,(H,8,9)(H2,7,10,11). The third-order valence-corrected chi connectivity index (χ3v) is 1.46. The minimum absolute atomic E-state index is 0.128. The monoisotopic (exact) mass is 194 g/mol. The van der Waals surface area contributed by atoms with Gasteiger partial charge in [-0.3, -0.25) is 4.79 Å². The Labute approximate surface area is 72.5 Å². The predicted octanol–water partition coefficient (Wildman–Crippen LogP) is -0.258. The van der Waals surface area contributed by atoms with Crippen LogP contribution in [0.25, 0.3) is 0 Å². The zero-order valence-electron chi connectivity index (χ0n) is 7.42. The Balaban J connectivity index is 4.10. The van der Waals surface area contributed by atoms with Gasteiger partial charge in [0.15, 0.2) is 0 Å². The molecule has 0 aliphatic carbocycles. The van der Waals surface area contributed by atoms with Crippen molar-refractivity contribution in [1.29, 1.82) is 0 Å². The molecule has 6 heteroatoms. The SMILES string of the molecule is CC(C)(C)CC(=O)NS(N)(=O)=O. The Bertz CT molecular complexity index is 263. The highest BCUT2D eigenvalue weighted by atomic mass is 32.2. The van der Waals surface area contributed by atoms with Crippen LogP contribution in [0.5, 0.6) is 0 Å². The average molecular weight is 194 g/mol. The maximum atomic E-state index is 10.9. The van der Waals surface area contributed by atoms with Gasteiger partial charge in [-0.2, -0.15) is 8.42 Å². The highest BCUT2D eigenvalue weighted by Gasteiger charge is 2.18. The molecule has 0 rings (SSSR count). The van der Waals surface area contributed by atoms with Crippen molar-refractivity contribution >= 4 is 16.1 Å². The quantitative estimate of drug-likeness (QED) is 0.634. The minimum Gasteiger partial charge on any atom is -0.274 e. The summed E-state index contributed by atoms with van der Waals surface area (Å²) in [6.07, 6.45) is 0.128. The summed E-state index contributed by atoms with van der Waals surface area (Å²) in [6, 6.07) is 0. The number of nitrogens with two attached hydrogens (primary N) is 1. The Morgan fingerprint density at radius 3 is 2.08 bits per heavy atom. The number of carbonyl (C=O) groups is 1. The summed E-state index contributed by atoms with van der Waals surface area (Å²) in [7, 11) is -3.90. The van der Waals surface area contributed by atoms with Gasteiger partial charge >= 0.3 is 0 Å². The molecule has 0 aromatic rings. The van der Waals surface area contributed by atoms with Crippen LogP contribution in [0.15, 0.2) is 0 Å². The molecule has 0 spiro atoms. The van der Waals surface area contributed by atoms with E-state index in [1.165, 1.54) is 0 Å². The second-order valence-corrected chi connectivity index (χ2v) is 5.10. The van der Waals surface area contributed by atoms with Gasteiger partial charge in [0, 0.05) is 6.42 Å². The second kappa shape index (κ2) is 3.40. The summed E-state index contributed by atoms with van der Waals surface area (Å²) in [5, 5.41) is 4.60. The van der Waals surface area contributed by atoms with Gasteiger partial charge in [0.25, 0.3) is 10.2 Å². The van der Waals surface area contributed by atoms with Gasteiger partial charge < -0.3 is 0 Å². The summed E-state index contributed by atoms with van der Waals surface area (Å²) in [6.45, 7) is 5.49. The molecule has 0 aromatic heterocycles. The van der Waals surface area contributed by atoms with Crippen LogP contribution < -0.4 is 9.86 Å². The molecule has 0 atom stereocenters. The highest BCUT2D eigenvalue weighted by molar-refractivity contribution is 7.87. The van der Waals surface area contributed by atoms with Gasteiger partial charge in [-0.1, -0.05) is 20.8 Å². The topological polar surface area (TPSA) is 89.3 Å². The molecule has 1 amide bonds. The van der Waals surface area contributed by atoms with Crippen molar-refractivity contribution in [2.75, 3.05) is 0 Å². The van der Waals surface area contributed by atoms with Gasteiger partial charge in [-0.05, 0) is 5.41 Å². The van der Waals surface area contributed by atoms with Gasteiger partial charge in [-0.25, -0.2) is 9.86 Å². The molecule has 0 saturated carbocycles. The van der Waals surface area contributed by atoms with Crippen LogP contribution in [0.3, 0.4) is 0 Å². The molecule has 0 heterocycles. The number of nitrogens with one attached hydrogen (secondary N) is 1. The third kappa shape index (κ3) is 7.49. The van der Waals surface area contributed by atoms with E-state index in [-0.39, 0.29) is 11.8 Å². The van der Waals surface area contributed by atoms with Crippen molar-refractivity contribution in [1.82, 2.24) is 4.72 Å². The first kappa shape index (κ1) is 11.4. The van der Waals surface area contributed by atoms with E-state index >= 15 is 0 Å². The summed E-state index contributed by atoms with van der Waals surface area (Å²) in [5.74, 6) is -0.579. The fourth-order valence-electron chi connectivity index (χ4n) is 0.676. The largest absolute Gasteiger partial charge is 0.298 e. The summed E-state index contributed by atoms with van der Waals surface area (Å²) in [4.78, 5) is 10.9. The molecule has 12 heavy (non-hydrogen) atoms. The van der Waals surface area contributed by atoms with Crippen LogP contribution in [-0.2, 0) is 15.0 Å². The molecule has 0 saturated heterocycles. The van der Waals surface area contributed by atoms with Crippen molar-refractivity contribution < 1.29 is 13.2 Å². The molecular formula is C6H14N2O3S. The Kier molecular flexibility index (Phi) is 3.23. The van der Waals surface area contributed by atoms with E-state index in [0.29, 0.717) is 0 Å². The minimum atomic E-state index is -3.90. The number of amides is 1. The second-order valence-electron chi connectivity index (χ2n) is 3.81. The summed E-state index contributed by atoms with van der Waals surface area (Å²) < 4.78 is 22.4. The predicted molar refractivity (Wildman–Crippen MR) is 45.3 cm³/mol. The molecule has 5 nitrogen and oxygen atoms in total. The lowest BCUT2D eigenvalue weighted by molar-refractivity contribution is -0.121. The lowest BCUT2D eigenvalue weighted by atomic mass is 9.92. The third-order valence-electron chi connectivity index (χ3n) is 0.947. The van der Waals surface area contributed by atoms with E-state index in [2.05, 4.69) is 5.14 Å². The fraction of sp³-hybridized carbons (Fsp3) is 0.833. The normalized spacial score (nSPS) is 12.7. The van der Waals surface area contributed by atoms with Gasteiger partial charge in [0.05, 0.1) is 0 Å². The van der Waals surface area contributed by atoms with Crippen LogP contribution in [-0.4, -0.2) is 14.3 Å². The van der Waals surface area contributed by atoms with Crippen molar-refractivity contribution in [2.45, 2.75) is 27.2 Å². The number of carbonyl (C=O) groups excluding carboxylic acids is 1. The van der Waals surface area contributed by atoms with E-state index in [4.69, 9.17) is 0 Å². The maximum absolute atomic E-state index is 10.9. The Hall–Kier alpha value is -0.620. The van der Waals surface area contributed by atoms with Gasteiger partial charge in [0.1, 0.15) is 0 Å². The van der Waals surface area contributed by atoms with E-state index < -0.39 is 16.1 Å². The van der Waals surface area contributed by atoms with Crippen LogP contribution in [0, 0.1) is 5.41 Å². The number of hydrogen-bond acceptors (Lipinski definition) is 3. The molecule has 0 aromatic carbocycles.